The zero-order valence-electron chi connectivity index (χ0n) is 12.8. The Kier molecular flexibility index (Phi) is 2.88. The Hall–Kier alpha value is -0.850. The van der Waals surface area contributed by atoms with E-state index in [0.29, 0.717) is 11.8 Å². The fraction of sp³-hybridized carbons (Fsp3) is 0.706. The van der Waals surface area contributed by atoms with Crippen LogP contribution in [0.1, 0.15) is 54.9 Å². The first-order valence-corrected chi connectivity index (χ1v) is 7.03. The van der Waals surface area contributed by atoms with E-state index in [1.807, 2.05) is 0 Å². The number of allylic oxidation sites excluding steroid dienone is 4. The normalized spacial score (nSPS) is 33.2. The fourth-order valence-corrected chi connectivity index (χ4v) is 4.74. The van der Waals surface area contributed by atoms with Gasteiger partial charge in [0.2, 0.25) is 0 Å². The lowest BCUT2D eigenvalue weighted by Crippen LogP contribution is -2.32. The maximum atomic E-state index is 12.1. The molecule has 2 rings (SSSR count). The van der Waals surface area contributed by atoms with Crippen molar-refractivity contribution in [1.82, 2.24) is 0 Å². The molecule has 0 aromatic heterocycles. The second-order valence-corrected chi connectivity index (χ2v) is 7.54. The Morgan fingerprint density at radius 1 is 1.28 bits per heavy atom. The smallest absolute Gasteiger partial charge is 0.160 e. The number of fused-ring (bicyclic) bond motifs is 1. The third-order valence-corrected chi connectivity index (χ3v) is 4.85. The molecular formula is C17H26O. The maximum Gasteiger partial charge on any atom is 0.160 e. The number of carbonyl (C=O) groups is 1. The molecule has 1 nitrogen and oxygen atoms in total. The van der Waals surface area contributed by atoms with Crippen molar-refractivity contribution in [3.05, 3.63) is 22.8 Å². The molecule has 0 N–H and O–H groups in total. The summed E-state index contributed by atoms with van der Waals surface area (Å²) < 4.78 is 0. The van der Waals surface area contributed by atoms with Crippen LogP contribution in [-0.2, 0) is 4.79 Å². The molecular weight excluding hydrogens is 220 g/mol. The van der Waals surface area contributed by atoms with E-state index in [9.17, 15) is 4.79 Å². The van der Waals surface area contributed by atoms with E-state index in [-0.39, 0.29) is 16.6 Å². The summed E-state index contributed by atoms with van der Waals surface area (Å²) >= 11 is 0. The molecule has 0 aliphatic heterocycles. The van der Waals surface area contributed by atoms with Crippen LogP contribution in [0.25, 0.3) is 0 Å². The van der Waals surface area contributed by atoms with Crippen molar-refractivity contribution in [1.29, 1.82) is 0 Å². The highest BCUT2D eigenvalue weighted by atomic mass is 16.1. The summed E-state index contributed by atoms with van der Waals surface area (Å²) in [6, 6.07) is 0. The quantitative estimate of drug-likeness (QED) is 0.664. The summed E-state index contributed by atoms with van der Waals surface area (Å²) in [5.41, 5.74) is 3.96. The van der Waals surface area contributed by atoms with Gasteiger partial charge in [0.05, 0.1) is 0 Å². The zero-order valence-corrected chi connectivity index (χ0v) is 12.8. The Balaban J connectivity index is 2.72. The van der Waals surface area contributed by atoms with Crippen LogP contribution in [0, 0.1) is 22.7 Å². The predicted octanol–water partition coefficient (Wildman–Crippen LogP) is 4.54. The molecule has 1 fully saturated rings. The third kappa shape index (κ3) is 1.79. The highest BCUT2D eigenvalue weighted by Crippen LogP contribution is 2.60. The highest BCUT2D eigenvalue weighted by molar-refractivity contribution is 5.99. The van der Waals surface area contributed by atoms with Crippen LogP contribution in [0.5, 0.6) is 0 Å². The van der Waals surface area contributed by atoms with Gasteiger partial charge in [0.1, 0.15) is 0 Å². The van der Waals surface area contributed by atoms with E-state index in [1.54, 1.807) is 6.92 Å². The van der Waals surface area contributed by atoms with E-state index in [1.165, 1.54) is 17.6 Å². The van der Waals surface area contributed by atoms with Gasteiger partial charge in [-0.15, -0.1) is 0 Å². The molecule has 0 heterocycles. The lowest BCUT2D eigenvalue weighted by molar-refractivity contribution is -0.113. The van der Waals surface area contributed by atoms with Crippen molar-refractivity contribution in [2.45, 2.75) is 54.9 Å². The molecule has 0 amide bonds. The fourth-order valence-electron chi connectivity index (χ4n) is 4.74. The summed E-state index contributed by atoms with van der Waals surface area (Å²) in [7, 11) is 0. The van der Waals surface area contributed by atoms with Gasteiger partial charge in [0.15, 0.2) is 5.78 Å². The van der Waals surface area contributed by atoms with Crippen molar-refractivity contribution in [3.8, 4) is 0 Å². The van der Waals surface area contributed by atoms with E-state index in [0.717, 1.165) is 5.57 Å². The van der Waals surface area contributed by atoms with Crippen LogP contribution >= 0.6 is 0 Å². The number of hydrogen-bond donors (Lipinski definition) is 0. The largest absolute Gasteiger partial charge is 0.295 e. The SMILES string of the molecule is CC(=O)C1=C2C(C(C)CC2(C)C)C(C)(C)C=C1C. The third-order valence-electron chi connectivity index (χ3n) is 4.85. The molecule has 2 atom stereocenters. The number of hydrogen-bond acceptors (Lipinski definition) is 1. The van der Waals surface area contributed by atoms with Gasteiger partial charge in [-0.3, -0.25) is 4.79 Å². The molecule has 18 heavy (non-hydrogen) atoms. The van der Waals surface area contributed by atoms with Crippen LogP contribution in [0.15, 0.2) is 22.8 Å². The molecule has 0 saturated heterocycles. The Morgan fingerprint density at radius 2 is 1.83 bits per heavy atom. The second-order valence-electron chi connectivity index (χ2n) is 7.54. The lowest BCUT2D eigenvalue weighted by Gasteiger charge is -2.40. The molecule has 2 aliphatic carbocycles. The molecule has 2 unspecified atom stereocenters. The van der Waals surface area contributed by atoms with Gasteiger partial charge in [-0.25, -0.2) is 0 Å². The number of rotatable bonds is 1. The van der Waals surface area contributed by atoms with Crippen LogP contribution in [0.2, 0.25) is 0 Å². The molecule has 0 aromatic rings. The van der Waals surface area contributed by atoms with Crippen molar-refractivity contribution >= 4 is 5.78 Å². The molecule has 1 saturated carbocycles. The van der Waals surface area contributed by atoms with Gasteiger partial charge < -0.3 is 0 Å². The number of carbonyl (C=O) groups excluding carboxylic acids is 1. The Bertz CT molecular complexity index is 460. The number of ketones is 1. The van der Waals surface area contributed by atoms with Gasteiger partial charge in [0, 0.05) is 5.57 Å². The molecule has 0 aromatic carbocycles. The van der Waals surface area contributed by atoms with Crippen LogP contribution < -0.4 is 0 Å². The van der Waals surface area contributed by atoms with Crippen molar-refractivity contribution < 1.29 is 4.79 Å². The second kappa shape index (κ2) is 3.82. The molecule has 2 aliphatic rings. The average Bonchev–Trinajstić information content (AvgIpc) is 2.34. The summed E-state index contributed by atoms with van der Waals surface area (Å²) in [6.07, 6.45) is 3.50. The molecule has 0 radical (unpaired) electrons. The zero-order chi connectivity index (χ0) is 13.9. The Morgan fingerprint density at radius 3 is 2.33 bits per heavy atom. The van der Waals surface area contributed by atoms with Gasteiger partial charge in [-0.1, -0.05) is 40.7 Å². The molecule has 0 spiro atoms. The lowest BCUT2D eigenvalue weighted by atomic mass is 9.64. The van der Waals surface area contributed by atoms with Crippen LogP contribution in [0.3, 0.4) is 0 Å². The topological polar surface area (TPSA) is 17.1 Å². The van der Waals surface area contributed by atoms with Gasteiger partial charge in [-0.2, -0.15) is 0 Å². The minimum absolute atomic E-state index is 0.165. The first-order chi connectivity index (χ1) is 8.08. The summed E-state index contributed by atoms with van der Waals surface area (Å²) in [5.74, 6) is 1.42. The van der Waals surface area contributed by atoms with E-state index in [4.69, 9.17) is 0 Å². The summed E-state index contributed by atoms with van der Waals surface area (Å²) in [6.45, 7) is 15.4. The van der Waals surface area contributed by atoms with Crippen molar-refractivity contribution in [2.75, 3.05) is 0 Å². The van der Waals surface area contributed by atoms with Gasteiger partial charge in [0.25, 0.3) is 0 Å². The minimum Gasteiger partial charge on any atom is -0.295 e. The van der Waals surface area contributed by atoms with Crippen LogP contribution in [-0.4, -0.2) is 5.78 Å². The maximum absolute atomic E-state index is 12.1. The standard InChI is InChI=1S/C17H26O/c1-10-8-16(4,5)14-11(2)9-17(6,7)15(14)13(10)12(3)18/h8,11,14H,9H2,1-7H3. The summed E-state index contributed by atoms with van der Waals surface area (Å²) in [4.78, 5) is 12.1. The first kappa shape index (κ1) is 13.6. The molecule has 0 bridgehead atoms. The summed E-state index contributed by atoms with van der Waals surface area (Å²) in [5, 5.41) is 0. The van der Waals surface area contributed by atoms with Gasteiger partial charge in [-0.05, 0) is 54.1 Å². The molecule has 100 valence electrons. The van der Waals surface area contributed by atoms with Crippen molar-refractivity contribution in [3.63, 3.8) is 0 Å². The van der Waals surface area contributed by atoms with E-state index >= 15 is 0 Å². The van der Waals surface area contributed by atoms with Gasteiger partial charge >= 0.3 is 0 Å². The van der Waals surface area contributed by atoms with Crippen molar-refractivity contribution in [2.24, 2.45) is 22.7 Å². The van der Waals surface area contributed by atoms with Crippen LogP contribution in [0.4, 0.5) is 0 Å². The van der Waals surface area contributed by atoms with E-state index in [2.05, 4.69) is 47.6 Å². The highest BCUT2D eigenvalue weighted by Gasteiger charge is 2.51. The average molecular weight is 246 g/mol. The van der Waals surface area contributed by atoms with E-state index < -0.39 is 0 Å². The number of Topliss-reactive ketones (excluding diaryl/α,β-unsaturated/α-hetero) is 1. The Labute approximate surface area is 111 Å². The molecule has 1 heteroatoms. The minimum atomic E-state index is 0.165. The predicted molar refractivity (Wildman–Crippen MR) is 76.3 cm³/mol. The monoisotopic (exact) mass is 246 g/mol. The first-order valence-electron chi connectivity index (χ1n) is 7.03.